The van der Waals surface area contributed by atoms with Gasteiger partial charge in [-0.05, 0) is 121 Å². The summed E-state index contributed by atoms with van der Waals surface area (Å²) >= 11 is 0. The van der Waals surface area contributed by atoms with E-state index in [4.69, 9.17) is 0 Å². The van der Waals surface area contributed by atoms with Crippen molar-refractivity contribution in [1.82, 2.24) is 4.57 Å². The molecule has 0 bridgehead atoms. The standard InChI is InChI=1S/C47H35N/c1-32-14-8-11-21-39(32)47-41-23-13-12-22-40(41)46(37-25-24-33-15-9-10-20-36(33)30-37)43-31-38(26-27-42(43)47)48-44(34-16-4-2-5-17-34)28-29-45(48)35-18-6-3-7-19-35/h2-6,8-18,20-31H,7,19H2,1H3. The largest absolute Gasteiger partial charge is 0.310 e. The van der Waals surface area contributed by atoms with Gasteiger partial charge in [0.15, 0.2) is 0 Å². The van der Waals surface area contributed by atoms with E-state index in [0.717, 1.165) is 12.8 Å². The fourth-order valence-corrected chi connectivity index (χ4v) is 7.72. The number of rotatable bonds is 5. The quantitative estimate of drug-likeness (QED) is 0.170. The van der Waals surface area contributed by atoms with Crippen molar-refractivity contribution in [2.24, 2.45) is 0 Å². The molecule has 7 aromatic carbocycles. The molecule has 8 aromatic rings. The molecule has 1 aromatic heterocycles. The molecule has 1 heterocycles. The molecular weight excluding hydrogens is 579 g/mol. The highest BCUT2D eigenvalue weighted by Gasteiger charge is 2.21. The topological polar surface area (TPSA) is 4.93 Å². The molecule has 0 aliphatic heterocycles. The Morgan fingerprint density at radius 3 is 2.02 bits per heavy atom. The highest BCUT2D eigenvalue weighted by atomic mass is 15.0. The lowest BCUT2D eigenvalue weighted by molar-refractivity contribution is 0.998. The summed E-state index contributed by atoms with van der Waals surface area (Å²) in [7, 11) is 0. The maximum atomic E-state index is 2.48. The van der Waals surface area contributed by atoms with E-state index in [9.17, 15) is 0 Å². The summed E-state index contributed by atoms with van der Waals surface area (Å²) < 4.78 is 2.48. The third-order valence-corrected chi connectivity index (χ3v) is 10.0. The molecule has 228 valence electrons. The summed E-state index contributed by atoms with van der Waals surface area (Å²) in [6.07, 6.45) is 8.85. The van der Waals surface area contributed by atoms with E-state index in [1.807, 2.05) is 0 Å². The van der Waals surface area contributed by atoms with E-state index < -0.39 is 0 Å². The lowest BCUT2D eigenvalue weighted by Crippen LogP contribution is -2.03. The third-order valence-electron chi connectivity index (χ3n) is 10.0. The molecule has 0 radical (unpaired) electrons. The van der Waals surface area contributed by atoms with Crippen molar-refractivity contribution in [3.63, 3.8) is 0 Å². The number of benzene rings is 7. The van der Waals surface area contributed by atoms with Crippen molar-refractivity contribution in [1.29, 1.82) is 0 Å². The van der Waals surface area contributed by atoms with E-state index in [0.29, 0.717) is 0 Å². The van der Waals surface area contributed by atoms with Gasteiger partial charge in [0.25, 0.3) is 0 Å². The van der Waals surface area contributed by atoms with Gasteiger partial charge in [0.1, 0.15) is 0 Å². The van der Waals surface area contributed by atoms with Crippen LogP contribution < -0.4 is 0 Å². The molecule has 0 atom stereocenters. The van der Waals surface area contributed by atoms with Gasteiger partial charge in [0.2, 0.25) is 0 Å². The Bertz CT molecular complexity index is 2560. The van der Waals surface area contributed by atoms with E-state index in [-0.39, 0.29) is 0 Å². The van der Waals surface area contributed by atoms with Gasteiger partial charge in [-0.1, -0.05) is 140 Å². The van der Waals surface area contributed by atoms with Gasteiger partial charge >= 0.3 is 0 Å². The smallest absolute Gasteiger partial charge is 0.0534 e. The summed E-state index contributed by atoms with van der Waals surface area (Å²) in [6, 6.07) is 55.9. The molecule has 0 saturated heterocycles. The number of aromatic nitrogens is 1. The van der Waals surface area contributed by atoms with Gasteiger partial charge in [0.05, 0.1) is 5.69 Å². The Kier molecular flexibility index (Phi) is 6.91. The van der Waals surface area contributed by atoms with Gasteiger partial charge in [0, 0.05) is 11.4 Å². The van der Waals surface area contributed by atoms with Crippen LogP contribution in [0.3, 0.4) is 0 Å². The lowest BCUT2D eigenvalue weighted by atomic mass is 9.84. The predicted octanol–water partition coefficient (Wildman–Crippen LogP) is 13.0. The average molecular weight is 614 g/mol. The molecule has 9 rings (SSSR count). The molecule has 1 heteroatoms. The van der Waals surface area contributed by atoms with Crippen molar-refractivity contribution >= 4 is 37.9 Å². The normalized spacial score (nSPS) is 13.0. The van der Waals surface area contributed by atoms with E-state index in [2.05, 4.69) is 181 Å². The van der Waals surface area contributed by atoms with Crippen LogP contribution in [0.2, 0.25) is 0 Å². The monoisotopic (exact) mass is 613 g/mol. The van der Waals surface area contributed by atoms with Crippen LogP contribution in [0.4, 0.5) is 0 Å². The maximum Gasteiger partial charge on any atom is 0.0534 e. The first-order chi connectivity index (χ1) is 23.7. The Hall–Kier alpha value is -5.92. The fourth-order valence-electron chi connectivity index (χ4n) is 7.72. The summed E-state index contributed by atoms with van der Waals surface area (Å²) in [5, 5.41) is 7.59. The minimum Gasteiger partial charge on any atom is -0.310 e. The van der Waals surface area contributed by atoms with Gasteiger partial charge in [-0.25, -0.2) is 0 Å². The van der Waals surface area contributed by atoms with Crippen molar-refractivity contribution < 1.29 is 0 Å². The first-order valence-corrected chi connectivity index (χ1v) is 16.9. The number of allylic oxidation sites excluding steroid dienone is 4. The number of aryl methyl sites for hydroxylation is 1. The summed E-state index contributed by atoms with van der Waals surface area (Å²) in [5.41, 5.74) is 12.6. The van der Waals surface area contributed by atoms with Gasteiger partial charge in [-0.2, -0.15) is 0 Å². The lowest BCUT2D eigenvalue weighted by Gasteiger charge is -2.22. The first-order valence-electron chi connectivity index (χ1n) is 16.9. The fraction of sp³-hybridized carbons (Fsp3) is 0.0638. The predicted molar refractivity (Wildman–Crippen MR) is 206 cm³/mol. The molecule has 0 N–H and O–H groups in total. The van der Waals surface area contributed by atoms with Crippen molar-refractivity contribution in [3.8, 4) is 39.2 Å². The molecule has 0 saturated carbocycles. The second-order valence-corrected chi connectivity index (χ2v) is 12.9. The van der Waals surface area contributed by atoms with Crippen LogP contribution in [0.5, 0.6) is 0 Å². The van der Waals surface area contributed by atoms with Gasteiger partial charge in [-0.15, -0.1) is 0 Å². The van der Waals surface area contributed by atoms with Crippen LogP contribution in [-0.4, -0.2) is 4.57 Å². The molecule has 0 unspecified atom stereocenters. The maximum absolute atomic E-state index is 2.48. The van der Waals surface area contributed by atoms with Crippen LogP contribution in [-0.2, 0) is 0 Å². The van der Waals surface area contributed by atoms with Crippen LogP contribution in [0.15, 0.2) is 170 Å². The molecule has 48 heavy (non-hydrogen) atoms. The summed E-state index contributed by atoms with van der Waals surface area (Å²) in [5.74, 6) is 0. The third kappa shape index (κ3) is 4.70. The van der Waals surface area contributed by atoms with Gasteiger partial charge < -0.3 is 4.57 Å². The second-order valence-electron chi connectivity index (χ2n) is 12.9. The minimum atomic E-state index is 1.03. The zero-order valence-electron chi connectivity index (χ0n) is 27.0. The molecule has 0 amide bonds. The van der Waals surface area contributed by atoms with Crippen LogP contribution in [0.25, 0.3) is 77.1 Å². The molecule has 0 fully saturated rings. The van der Waals surface area contributed by atoms with E-state index in [1.165, 1.54) is 88.3 Å². The summed E-state index contributed by atoms with van der Waals surface area (Å²) in [4.78, 5) is 0. The Morgan fingerprint density at radius 1 is 0.500 bits per heavy atom. The molecule has 1 nitrogen and oxygen atoms in total. The zero-order chi connectivity index (χ0) is 32.0. The van der Waals surface area contributed by atoms with Crippen LogP contribution in [0, 0.1) is 6.92 Å². The second kappa shape index (κ2) is 11.7. The highest BCUT2D eigenvalue weighted by Crippen LogP contribution is 2.46. The molecular formula is C47H35N. The van der Waals surface area contributed by atoms with E-state index >= 15 is 0 Å². The number of hydrogen-bond acceptors (Lipinski definition) is 0. The number of nitrogens with zero attached hydrogens (tertiary/aromatic N) is 1. The first kappa shape index (κ1) is 28.3. The van der Waals surface area contributed by atoms with Crippen molar-refractivity contribution in [3.05, 3.63) is 181 Å². The van der Waals surface area contributed by atoms with E-state index in [1.54, 1.807) is 0 Å². The van der Waals surface area contributed by atoms with Crippen LogP contribution in [0.1, 0.15) is 24.1 Å². The molecule has 1 aliphatic carbocycles. The Balaban J connectivity index is 1.41. The van der Waals surface area contributed by atoms with Crippen molar-refractivity contribution in [2.45, 2.75) is 19.8 Å². The Morgan fingerprint density at radius 2 is 1.21 bits per heavy atom. The minimum absolute atomic E-state index is 1.03. The number of fused-ring (bicyclic) bond motifs is 3. The summed E-state index contributed by atoms with van der Waals surface area (Å²) in [6.45, 7) is 2.23. The molecule has 0 spiro atoms. The average Bonchev–Trinajstić information content (AvgIpc) is 3.60. The van der Waals surface area contributed by atoms with Crippen molar-refractivity contribution in [2.75, 3.05) is 0 Å². The highest BCUT2D eigenvalue weighted by molar-refractivity contribution is 6.22. The SMILES string of the molecule is Cc1ccccc1-c1c2ccccc2c(-c2ccc3ccccc3c2)c2cc(-n3c(C4=CC=CCC4)ccc3-c3ccccc3)ccc12. The van der Waals surface area contributed by atoms with Crippen LogP contribution >= 0.6 is 0 Å². The van der Waals surface area contributed by atoms with Gasteiger partial charge in [-0.3, -0.25) is 0 Å². The Labute approximate surface area is 281 Å². The zero-order valence-corrected chi connectivity index (χ0v) is 27.0. The molecule has 1 aliphatic rings. The number of hydrogen-bond donors (Lipinski definition) is 0.